The first kappa shape index (κ1) is 21.9. The van der Waals surface area contributed by atoms with Crippen LogP contribution in [0.5, 0.6) is 0 Å². The van der Waals surface area contributed by atoms with Crippen LogP contribution in [0.4, 0.5) is 0 Å². The summed E-state index contributed by atoms with van der Waals surface area (Å²) >= 11 is 0. The van der Waals surface area contributed by atoms with Crippen molar-refractivity contribution in [2.75, 3.05) is 13.2 Å². The fraction of sp³-hybridized carbons (Fsp3) is 0.375. The van der Waals surface area contributed by atoms with Crippen LogP contribution in [0, 0.1) is 20.4 Å². The van der Waals surface area contributed by atoms with E-state index in [1.165, 1.54) is 0 Å². The number of aliphatic hydroxyl groups excluding tert-OH is 1. The summed E-state index contributed by atoms with van der Waals surface area (Å²) in [4.78, 5) is 12.2. The molecule has 1 aromatic carbocycles. The second-order valence-electron chi connectivity index (χ2n) is 5.11. The Balaban J connectivity index is 0.00000147. The molecular formula is C16H19NO3YZn-2. The van der Waals surface area contributed by atoms with E-state index in [9.17, 15) is 9.90 Å². The van der Waals surface area contributed by atoms with Crippen molar-refractivity contribution >= 4 is 11.5 Å². The van der Waals surface area contributed by atoms with Gasteiger partial charge in [0.1, 0.15) is 11.3 Å². The van der Waals surface area contributed by atoms with Crippen molar-refractivity contribution in [2.24, 2.45) is 0 Å². The van der Waals surface area contributed by atoms with E-state index in [1.807, 2.05) is 19.1 Å². The van der Waals surface area contributed by atoms with Crippen molar-refractivity contribution in [1.82, 2.24) is 5.32 Å². The average Bonchev–Trinajstić information content (AvgIpc) is 2.63. The molecule has 113 valence electrons. The SMILES string of the molecule is Cc1c[c-]ccc1C1=C(O)C2(CCOCC2)NC1=O.[CH3-].[Y].[Zn]. The zero-order valence-electron chi connectivity index (χ0n) is 13.1. The van der Waals surface area contributed by atoms with Crippen LogP contribution in [0.3, 0.4) is 0 Å². The minimum Gasteiger partial charge on any atom is -0.509 e. The molecule has 4 nitrogen and oxygen atoms in total. The molecule has 2 aliphatic heterocycles. The normalized spacial score (nSPS) is 18.9. The van der Waals surface area contributed by atoms with E-state index in [1.54, 1.807) is 6.07 Å². The first-order valence-electron chi connectivity index (χ1n) is 6.45. The number of carbonyl (C=O) groups is 1. The number of benzene rings is 1. The number of ether oxygens (including phenoxy) is 1. The molecule has 2 heterocycles. The van der Waals surface area contributed by atoms with Gasteiger partial charge in [-0.3, -0.25) is 4.79 Å². The molecule has 2 N–H and O–H groups in total. The van der Waals surface area contributed by atoms with Gasteiger partial charge in [0, 0.05) is 78.2 Å². The summed E-state index contributed by atoms with van der Waals surface area (Å²) in [5.41, 5.74) is 1.48. The Labute approximate surface area is 169 Å². The molecule has 0 unspecified atom stereocenters. The van der Waals surface area contributed by atoms with E-state index >= 15 is 0 Å². The molecule has 1 fully saturated rings. The number of carbonyl (C=O) groups excluding carboxylic acids is 1. The topological polar surface area (TPSA) is 58.6 Å². The van der Waals surface area contributed by atoms with Crippen LogP contribution in [-0.4, -0.2) is 29.8 Å². The van der Waals surface area contributed by atoms with E-state index in [0.717, 1.165) is 11.1 Å². The molecule has 3 rings (SSSR count). The maximum Gasteiger partial charge on any atom is 0.254 e. The molecule has 0 aliphatic carbocycles. The zero-order chi connectivity index (χ0) is 13.5. The minimum atomic E-state index is -0.628. The van der Waals surface area contributed by atoms with Crippen LogP contribution in [0.2, 0.25) is 0 Å². The number of hydrogen-bond donors (Lipinski definition) is 2. The number of aliphatic hydroxyl groups is 1. The van der Waals surface area contributed by atoms with Gasteiger partial charge < -0.3 is 22.6 Å². The summed E-state index contributed by atoms with van der Waals surface area (Å²) < 4.78 is 5.31. The van der Waals surface area contributed by atoms with Gasteiger partial charge in [0.05, 0.1) is 5.57 Å². The van der Waals surface area contributed by atoms with Crippen LogP contribution >= 0.6 is 0 Å². The second-order valence-corrected chi connectivity index (χ2v) is 5.11. The Bertz CT molecular complexity index is 568. The number of amides is 1. The number of aryl methyl sites for hydroxylation is 1. The summed E-state index contributed by atoms with van der Waals surface area (Å²) in [6.45, 7) is 3.02. The molecule has 1 spiro atoms. The maximum absolute atomic E-state index is 12.2. The van der Waals surface area contributed by atoms with Gasteiger partial charge >= 0.3 is 0 Å². The number of rotatable bonds is 1. The summed E-state index contributed by atoms with van der Waals surface area (Å²) in [5, 5.41) is 13.5. The van der Waals surface area contributed by atoms with Crippen LogP contribution in [0.1, 0.15) is 24.0 Å². The zero-order valence-corrected chi connectivity index (χ0v) is 18.9. The monoisotopic (exact) mass is 426 g/mol. The standard InChI is InChI=1S/C15H16NO3.CH3.Y.Zn/c1-10-4-2-3-5-11(10)12-13(17)15(16-14(12)18)6-8-19-9-7-15;;;/h3-5,17H,6-9H2,1H3,(H,16,18);1H3;;/q2*-1;;. The van der Waals surface area contributed by atoms with Gasteiger partial charge in [0.2, 0.25) is 0 Å². The Morgan fingerprint density at radius 1 is 1.36 bits per heavy atom. The molecule has 0 aromatic heterocycles. The molecule has 0 bridgehead atoms. The van der Waals surface area contributed by atoms with Crippen LogP contribution in [0.15, 0.2) is 24.0 Å². The summed E-state index contributed by atoms with van der Waals surface area (Å²) in [6.07, 6.45) is 1.23. The van der Waals surface area contributed by atoms with E-state index in [0.29, 0.717) is 31.6 Å². The van der Waals surface area contributed by atoms with Crippen LogP contribution in [0.25, 0.3) is 5.57 Å². The van der Waals surface area contributed by atoms with Crippen LogP contribution in [-0.2, 0) is 61.7 Å². The fourth-order valence-corrected chi connectivity index (χ4v) is 2.81. The van der Waals surface area contributed by atoms with Gasteiger partial charge in [-0.15, -0.1) is 5.56 Å². The third kappa shape index (κ3) is 3.70. The van der Waals surface area contributed by atoms with Crippen LogP contribution < -0.4 is 5.32 Å². The summed E-state index contributed by atoms with van der Waals surface area (Å²) in [6, 6.07) is 8.36. The molecule has 1 radical (unpaired) electrons. The van der Waals surface area contributed by atoms with Gasteiger partial charge in [-0.2, -0.15) is 29.8 Å². The Kier molecular flexibility index (Phi) is 8.65. The largest absolute Gasteiger partial charge is 0.509 e. The van der Waals surface area contributed by atoms with Gasteiger partial charge in [0.25, 0.3) is 5.91 Å². The van der Waals surface area contributed by atoms with Gasteiger partial charge in [-0.25, -0.2) is 0 Å². The Hall–Kier alpha value is -0.0827. The second kappa shape index (κ2) is 8.68. The smallest absolute Gasteiger partial charge is 0.254 e. The molecule has 1 amide bonds. The van der Waals surface area contributed by atoms with Crippen molar-refractivity contribution in [3.05, 3.63) is 48.6 Å². The number of hydrogen-bond acceptors (Lipinski definition) is 3. The predicted molar refractivity (Wildman–Crippen MR) is 76.9 cm³/mol. The van der Waals surface area contributed by atoms with Crippen molar-refractivity contribution in [3.63, 3.8) is 0 Å². The van der Waals surface area contributed by atoms with Gasteiger partial charge in [-0.1, -0.05) is 6.92 Å². The Morgan fingerprint density at radius 3 is 2.59 bits per heavy atom. The minimum absolute atomic E-state index is 0. The molecule has 1 aromatic rings. The average molecular weight is 428 g/mol. The number of nitrogens with one attached hydrogen (secondary N) is 1. The summed E-state index contributed by atoms with van der Waals surface area (Å²) in [5.74, 6) is -0.0381. The quantitative estimate of drug-likeness (QED) is 0.534. The van der Waals surface area contributed by atoms with E-state index < -0.39 is 5.54 Å². The third-order valence-electron chi connectivity index (χ3n) is 3.96. The van der Waals surface area contributed by atoms with Gasteiger partial charge in [-0.05, 0) is 0 Å². The first-order chi connectivity index (χ1) is 9.14. The van der Waals surface area contributed by atoms with E-state index in [4.69, 9.17) is 4.74 Å². The van der Waals surface area contributed by atoms with Crippen molar-refractivity contribution in [1.29, 1.82) is 0 Å². The van der Waals surface area contributed by atoms with E-state index in [2.05, 4.69) is 11.4 Å². The third-order valence-corrected chi connectivity index (χ3v) is 3.96. The molecule has 22 heavy (non-hydrogen) atoms. The first-order valence-corrected chi connectivity index (χ1v) is 6.45. The fourth-order valence-electron chi connectivity index (χ4n) is 2.81. The molecule has 1 saturated heterocycles. The Morgan fingerprint density at radius 2 is 2.00 bits per heavy atom. The molecular weight excluding hydrogens is 408 g/mol. The summed E-state index contributed by atoms with van der Waals surface area (Å²) in [7, 11) is 0. The van der Waals surface area contributed by atoms with Crippen molar-refractivity contribution in [2.45, 2.75) is 25.3 Å². The van der Waals surface area contributed by atoms with Crippen molar-refractivity contribution < 1.29 is 66.8 Å². The molecule has 6 heteroatoms. The molecule has 0 atom stereocenters. The molecule has 0 saturated carbocycles. The van der Waals surface area contributed by atoms with Gasteiger partial charge in [0.15, 0.2) is 0 Å². The maximum atomic E-state index is 12.2. The van der Waals surface area contributed by atoms with Crippen molar-refractivity contribution in [3.8, 4) is 0 Å². The van der Waals surface area contributed by atoms with E-state index in [-0.39, 0.29) is 71.3 Å². The molecule has 2 aliphatic rings. The predicted octanol–water partition coefficient (Wildman–Crippen LogP) is 2.19.